The van der Waals surface area contributed by atoms with E-state index in [1.54, 1.807) is 32.0 Å². The third-order valence-corrected chi connectivity index (χ3v) is 5.63. The van der Waals surface area contributed by atoms with Crippen molar-refractivity contribution >= 4 is 44.7 Å². The molecule has 0 fully saturated rings. The van der Waals surface area contributed by atoms with Crippen molar-refractivity contribution in [1.29, 1.82) is 0 Å². The van der Waals surface area contributed by atoms with Gasteiger partial charge in [0.2, 0.25) is 5.75 Å². The van der Waals surface area contributed by atoms with Gasteiger partial charge in [0.05, 0.1) is 35.3 Å². The average molecular weight is 575 g/mol. The van der Waals surface area contributed by atoms with Crippen LogP contribution in [0, 0.1) is 10.1 Å². The van der Waals surface area contributed by atoms with Gasteiger partial charge in [0.1, 0.15) is 5.82 Å². The van der Waals surface area contributed by atoms with Crippen molar-refractivity contribution in [2.24, 2.45) is 5.10 Å². The van der Waals surface area contributed by atoms with Crippen molar-refractivity contribution in [3.8, 4) is 11.5 Å². The van der Waals surface area contributed by atoms with Gasteiger partial charge in [-0.2, -0.15) is 9.78 Å². The largest absolute Gasteiger partial charge is 0.490 e. The number of hydrogen-bond acceptors (Lipinski definition) is 9. The number of esters is 1. The van der Waals surface area contributed by atoms with Crippen molar-refractivity contribution in [2.75, 3.05) is 13.2 Å². The molecule has 3 aromatic rings. The summed E-state index contributed by atoms with van der Waals surface area (Å²) in [6.07, 6.45) is 0.208. The lowest BCUT2D eigenvalue weighted by Crippen LogP contribution is -2.26. The molecule has 1 aromatic heterocycles. The Morgan fingerprint density at radius 2 is 1.95 bits per heavy atom. The maximum atomic E-state index is 13.3. The van der Waals surface area contributed by atoms with Crippen LogP contribution in [0.4, 0.5) is 5.69 Å². The lowest BCUT2D eigenvalue weighted by atomic mass is 10.1. The highest BCUT2D eigenvalue weighted by Crippen LogP contribution is 2.39. The Kier molecular flexibility index (Phi) is 8.98. The van der Waals surface area contributed by atoms with Gasteiger partial charge in [-0.15, -0.1) is 0 Å². The normalized spacial score (nSPS) is 12.2. The molecule has 0 aliphatic heterocycles. The molecule has 0 saturated heterocycles. The van der Waals surface area contributed by atoms with Crippen LogP contribution in [0.1, 0.15) is 51.9 Å². The van der Waals surface area contributed by atoms with E-state index in [2.05, 4.69) is 26.0 Å². The van der Waals surface area contributed by atoms with Gasteiger partial charge in [-0.25, -0.2) is 9.78 Å². The molecule has 196 valence electrons. The Bertz CT molecular complexity index is 1420. The molecule has 11 nitrogen and oxygen atoms in total. The molecule has 0 N–H and O–H groups in total. The van der Waals surface area contributed by atoms with E-state index in [0.717, 1.165) is 4.47 Å². The summed E-state index contributed by atoms with van der Waals surface area (Å²) in [5.74, 6) is -0.529. The third-order valence-electron chi connectivity index (χ3n) is 5.14. The van der Waals surface area contributed by atoms with E-state index in [1.807, 2.05) is 13.8 Å². The highest BCUT2D eigenvalue weighted by molar-refractivity contribution is 9.10. The van der Waals surface area contributed by atoms with Crippen LogP contribution in [0.15, 0.2) is 44.7 Å². The maximum absolute atomic E-state index is 13.3. The summed E-state index contributed by atoms with van der Waals surface area (Å²) in [7, 11) is 0. The summed E-state index contributed by atoms with van der Waals surface area (Å²) in [5, 5.41) is 16.6. The van der Waals surface area contributed by atoms with E-state index in [4.69, 9.17) is 14.2 Å². The van der Waals surface area contributed by atoms with Crippen LogP contribution in [0.3, 0.4) is 0 Å². The fourth-order valence-corrected chi connectivity index (χ4v) is 3.82. The van der Waals surface area contributed by atoms with Crippen LogP contribution in [-0.2, 0) is 9.53 Å². The number of carbonyl (C=O) groups is 1. The molecule has 0 radical (unpaired) electrons. The summed E-state index contributed by atoms with van der Waals surface area (Å²) >= 11 is 3.37. The number of halogens is 1. The molecular formula is C25H27BrN4O7. The van der Waals surface area contributed by atoms with Gasteiger partial charge < -0.3 is 14.2 Å². The predicted molar refractivity (Wildman–Crippen MR) is 142 cm³/mol. The van der Waals surface area contributed by atoms with Crippen molar-refractivity contribution in [3.05, 3.63) is 66.7 Å². The summed E-state index contributed by atoms with van der Waals surface area (Å²) < 4.78 is 18.0. The summed E-state index contributed by atoms with van der Waals surface area (Å²) in [5.41, 5.74) is 0.00613. The minimum absolute atomic E-state index is 0.0475. The number of rotatable bonds is 10. The van der Waals surface area contributed by atoms with Crippen LogP contribution < -0.4 is 15.0 Å². The van der Waals surface area contributed by atoms with Gasteiger partial charge in [0, 0.05) is 22.0 Å². The fourth-order valence-electron chi connectivity index (χ4n) is 3.46. The lowest BCUT2D eigenvalue weighted by Gasteiger charge is -2.17. The van der Waals surface area contributed by atoms with Gasteiger partial charge in [0.25, 0.3) is 5.56 Å². The summed E-state index contributed by atoms with van der Waals surface area (Å²) in [6, 6.07) is 7.92. The first kappa shape index (κ1) is 27.8. The Hall–Kier alpha value is -3.80. The zero-order valence-corrected chi connectivity index (χ0v) is 22.6. The first-order chi connectivity index (χ1) is 17.6. The highest BCUT2D eigenvalue weighted by atomic mass is 79.9. The molecule has 3 rings (SSSR count). The van der Waals surface area contributed by atoms with Crippen LogP contribution in [-0.4, -0.2) is 46.1 Å². The monoisotopic (exact) mass is 574 g/mol. The maximum Gasteiger partial charge on any atom is 0.347 e. The Morgan fingerprint density at radius 1 is 1.22 bits per heavy atom. The number of aromatic nitrogens is 2. The van der Waals surface area contributed by atoms with E-state index >= 15 is 0 Å². The molecule has 0 aliphatic carbocycles. The van der Waals surface area contributed by atoms with Crippen LogP contribution in [0.2, 0.25) is 0 Å². The predicted octanol–water partition coefficient (Wildman–Crippen LogP) is 4.80. The van der Waals surface area contributed by atoms with Crippen LogP contribution in [0.5, 0.6) is 11.5 Å². The van der Waals surface area contributed by atoms with Gasteiger partial charge in [-0.3, -0.25) is 14.9 Å². The van der Waals surface area contributed by atoms with E-state index < -0.39 is 22.7 Å². The number of nitro groups is 1. The minimum atomic E-state index is -1.10. The Morgan fingerprint density at radius 3 is 2.57 bits per heavy atom. The van der Waals surface area contributed by atoms with Crippen molar-refractivity contribution in [3.63, 3.8) is 0 Å². The quantitative estimate of drug-likeness (QED) is 0.146. The topological polar surface area (TPSA) is 135 Å². The molecule has 1 heterocycles. The van der Waals surface area contributed by atoms with Crippen molar-refractivity contribution in [1.82, 2.24) is 9.66 Å². The molecule has 12 heteroatoms. The zero-order chi connectivity index (χ0) is 27.3. The average Bonchev–Trinajstić information content (AvgIpc) is 2.84. The first-order valence-corrected chi connectivity index (χ1v) is 12.4. The second-order valence-corrected chi connectivity index (χ2v) is 9.13. The molecule has 1 atom stereocenters. The van der Waals surface area contributed by atoms with Crippen LogP contribution in [0.25, 0.3) is 10.9 Å². The third kappa shape index (κ3) is 6.31. The van der Waals surface area contributed by atoms with Gasteiger partial charge in [-0.1, -0.05) is 29.8 Å². The lowest BCUT2D eigenvalue weighted by molar-refractivity contribution is -0.386. The molecule has 0 aliphatic rings. The molecule has 0 saturated carbocycles. The molecule has 0 bridgehead atoms. The number of ether oxygens (including phenoxy) is 3. The minimum Gasteiger partial charge on any atom is -0.490 e. The number of nitrogens with zero attached hydrogens (tertiary/aromatic N) is 4. The standard InChI is InChI=1S/C25H27BrN4O7/c1-6-35-21-11-16(10-20(30(33)34)22(21)37-15(5)25(32)36-7-2)13-27-29-23(14(3)4)28-19-9-8-17(26)12-18(19)24(29)31/h8-15H,6-7H2,1-5H3/t15-/m1/s1. The number of carbonyl (C=O) groups excluding carboxylic acids is 1. The first-order valence-electron chi connectivity index (χ1n) is 11.6. The van der Waals surface area contributed by atoms with Crippen molar-refractivity contribution < 1.29 is 23.9 Å². The van der Waals surface area contributed by atoms with Gasteiger partial charge >= 0.3 is 11.7 Å². The summed E-state index contributed by atoms with van der Waals surface area (Å²) in [6.45, 7) is 8.87. The molecular weight excluding hydrogens is 548 g/mol. The number of hydrogen-bond donors (Lipinski definition) is 0. The molecule has 0 amide bonds. The second kappa shape index (κ2) is 12.0. The Labute approximate surface area is 221 Å². The molecule has 2 aromatic carbocycles. The summed E-state index contributed by atoms with van der Waals surface area (Å²) in [4.78, 5) is 41.1. The number of fused-ring (bicyclic) bond motifs is 1. The van der Waals surface area contributed by atoms with E-state index in [9.17, 15) is 19.7 Å². The molecule has 0 spiro atoms. The molecule has 37 heavy (non-hydrogen) atoms. The highest BCUT2D eigenvalue weighted by Gasteiger charge is 2.27. The van der Waals surface area contributed by atoms with E-state index in [0.29, 0.717) is 16.7 Å². The molecule has 0 unspecified atom stereocenters. The van der Waals surface area contributed by atoms with E-state index in [-0.39, 0.29) is 41.8 Å². The van der Waals surface area contributed by atoms with Crippen molar-refractivity contribution in [2.45, 2.75) is 46.6 Å². The van der Waals surface area contributed by atoms with Gasteiger partial charge in [0.15, 0.2) is 11.9 Å². The van der Waals surface area contributed by atoms with Crippen LogP contribution >= 0.6 is 15.9 Å². The zero-order valence-electron chi connectivity index (χ0n) is 21.1. The fraction of sp³-hybridized carbons (Fsp3) is 0.360. The SMILES string of the molecule is CCOC(=O)[C@@H](C)Oc1c(OCC)cc(C=Nn2c(C(C)C)nc3ccc(Br)cc3c2=O)cc1[N+](=O)[O-]. The number of benzene rings is 2. The van der Waals surface area contributed by atoms with Gasteiger partial charge in [-0.05, 0) is 45.0 Å². The van der Waals surface area contributed by atoms with E-state index in [1.165, 1.54) is 29.9 Å². The Balaban J connectivity index is 2.13. The second-order valence-electron chi connectivity index (χ2n) is 8.22. The smallest absolute Gasteiger partial charge is 0.347 e. The number of nitro benzene ring substituents is 1.